The van der Waals surface area contributed by atoms with Crippen LogP contribution in [0.1, 0.15) is 32.4 Å². The number of hydrogen-bond donors (Lipinski definition) is 1. The molecule has 0 unspecified atom stereocenters. The van der Waals surface area contributed by atoms with Crippen LogP contribution in [0.3, 0.4) is 0 Å². The van der Waals surface area contributed by atoms with E-state index < -0.39 is 0 Å². The molecule has 1 aliphatic rings. The van der Waals surface area contributed by atoms with Gasteiger partial charge in [-0.1, -0.05) is 20.3 Å². The Labute approximate surface area is 101 Å². The molecular formula is C12H19FN4. The summed E-state index contributed by atoms with van der Waals surface area (Å²) in [4.78, 5) is 9.84. The van der Waals surface area contributed by atoms with Gasteiger partial charge >= 0.3 is 0 Å². The molecule has 0 aromatic carbocycles. The molecule has 0 saturated carbocycles. The largest absolute Gasteiger partial charge is 0.350 e. The van der Waals surface area contributed by atoms with Gasteiger partial charge in [-0.05, 0) is 12.8 Å². The first-order chi connectivity index (χ1) is 8.09. The van der Waals surface area contributed by atoms with Crippen LogP contribution in [0.5, 0.6) is 0 Å². The van der Waals surface area contributed by atoms with Crippen molar-refractivity contribution in [1.82, 2.24) is 9.97 Å². The first-order valence-electron chi connectivity index (χ1n) is 6.13. The molecule has 0 aliphatic carbocycles. The van der Waals surface area contributed by atoms with Crippen LogP contribution < -0.4 is 10.6 Å². The van der Waals surface area contributed by atoms with E-state index in [4.69, 9.17) is 5.73 Å². The van der Waals surface area contributed by atoms with E-state index in [2.05, 4.69) is 16.9 Å². The van der Waals surface area contributed by atoms with Gasteiger partial charge in [0.05, 0.1) is 11.2 Å². The van der Waals surface area contributed by atoms with Gasteiger partial charge in [-0.15, -0.1) is 0 Å². The van der Waals surface area contributed by atoms with Crippen LogP contribution in [0.15, 0.2) is 6.33 Å². The fourth-order valence-electron chi connectivity index (χ4n) is 2.38. The van der Waals surface area contributed by atoms with Crippen LogP contribution in [-0.2, 0) is 6.42 Å². The maximum atomic E-state index is 14.0. The quantitative estimate of drug-likeness (QED) is 0.863. The highest BCUT2D eigenvalue weighted by Gasteiger charge is 2.40. The second kappa shape index (κ2) is 4.56. The summed E-state index contributed by atoms with van der Waals surface area (Å²) < 4.78 is 14.0. The molecule has 0 spiro atoms. The Hall–Kier alpha value is -1.23. The topological polar surface area (TPSA) is 55.0 Å². The molecule has 0 atom stereocenters. The van der Waals surface area contributed by atoms with Gasteiger partial charge < -0.3 is 10.6 Å². The number of rotatable bonds is 4. The van der Waals surface area contributed by atoms with Gasteiger partial charge in [-0.25, -0.2) is 14.4 Å². The average Bonchev–Trinajstić information content (AvgIpc) is 2.27. The normalized spacial score (nSPS) is 18.0. The van der Waals surface area contributed by atoms with Crippen molar-refractivity contribution >= 4 is 5.82 Å². The minimum atomic E-state index is -0.298. The highest BCUT2D eigenvalue weighted by atomic mass is 19.1. The van der Waals surface area contributed by atoms with E-state index in [1.54, 1.807) is 0 Å². The van der Waals surface area contributed by atoms with Gasteiger partial charge in [-0.2, -0.15) is 0 Å². The average molecular weight is 238 g/mol. The number of aryl methyl sites for hydroxylation is 1. The molecule has 1 fully saturated rings. The van der Waals surface area contributed by atoms with Gasteiger partial charge in [0.25, 0.3) is 0 Å². The van der Waals surface area contributed by atoms with Gasteiger partial charge in [0.15, 0.2) is 11.6 Å². The zero-order chi connectivity index (χ0) is 12.5. The van der Waals surface area contributed by atoms with Crippen LogP contribution in [0, 0.1) is 5.82 Å². The summed E-state index contributed by atoms with van der Waals surface area (Å²) in [5, 5.41) is 0. The summed E-state index contributed by atoms with van der Waals surface area (Å²) in [7, 11) is 0. The van der Waals surface area contributed by atoms with Gasteiger partial charge in [0.2, 0.25) is 0 Å². The van der Waals surface area contributed by atoms with Crippen molar-refractivity contribution in [3.05, 3.63) is 17.8 Å². The predicted molar refractivity (Wildman–Crippen MR) is 65.4 cm³/mol. The third kappa shape index (κ3) is 2.24. The lowest BCUT2D eigenvalue weighted by Crippen LogP contribution is -2.67. The lowest BCUT2D eigenvalue weighted by Gasteiger charge is -2.48. The van der Waals surface area contributed by atoms with E-state index in [0.717, 1.165) is 12.8 Å². The molecule has 1 saturated heterocycles. The van der Waals surface area contributed by atoms with Crippen molar-refractivity contribution in [3.63, 3.8) is 0 Å². The maximum absolute atomic E-state index is 14.0. The number of aromatic nitrogens is 2. The lowest BCUT2D eigenvalue weighted by atomic mass is 9.86. The van der Waals surface area contributed by atoms with Crippen LogP contribution in [0.4, 0.5) is 10.2 Å². The highest BCUT2D eigenvalue weighted by Crippen LogP contribution is 2.29. The molecule has 4 nitrogen and oxygen atoms in total. The monoisotopic (exact) mass is 238 g/mol. The number of hydrogen-bond acceptors (Lipinski definition) is 4. The summed E-state index contributed by atoms with van der Waals surface area (Å²) in [6.07, 6.45) is 4.03. The SMILES string of the molecule is CCCC1(N)CN(c2ncnc(CC)c2F)C1. The summed E-state index contributed by atoms with van der Waals surface area (Å²) >= 11 is 0. The van der Waals surface area contributed by atoms with Crippen molar-refractivity contribution in [2.75, 3.05) is 18.0 Å². The second-order valence-electron chi connectivity index (χ2n) is 4.78. The van der Waals surface area contributed by atoms with E-state index in [1.807, 2.05) is 11.8 Å². The minimum absolute atomic E-state index is 0.168. The van der Waals surface area contributed by atoms with Crippen molar-refractivity contribution < 1.29 is 4.39 Å². The number of nitrogens with two attached hydrogens (primary N) is 1. The first kappa shape index (κ1) is 12.2. The lowest BCUT2D eigenvalue weighted by molar-refractivity contribution is 0.302. The molecule has 1 aromatic rings. The Bertz CT molecular complexity index is 401. The van der Waals surface area contributed by atoms with E-state index in [1.165, 1.54) is 6.33 Å². The molecule has 1 aliphatic heterocycles. The Kier molecular flexibility index (Phi) is 3.28. The molecular weight excluding hydrogens is 219 g/mol. The van der Waals surface area contributed by atoms with E-state index in [9.17, 15) is 4.39 Å². The second-order valence-corrected chi connectivity index (χ2v) is 4.78. The number of anilines is 1. The Morgan fingerprint density at radius 2 is 2.12 bits per heavy atom. The van der Waals surface area contributed by atoms with Crippen LogP contribution in [0.2, 0.25) is 0 Å². The molecule has 0 radical (unpaired) electrons. The smallest absolute Gasteiger partial charge is 0.187 e. The minimum Gasteiger partial charge on any atom is -0.350 e. The van der Waals surface area contributed by atoms with Crippen LogP contribution in [0.25, 0.3) is 0 Å². The molecule has 0 bridgehead atoms. The molecule has 1 aromatic heterocycles. The molecule has 2 rings (SSSR count). The first-order valence-corrected chi connectivity index (χ1v) is 6.13. The van der Waals surface area contributed by atoms with Crippen molar-refractivity contribution in [2.24, 2.45) is 5.73 Å². The summed E-state index contributed by atoms with van der Waals surface area (Å²) in [5.41, 5.74) is 6.46. The Morgan fingerprint density at radius 1 is 1.41 bits per heavy atom. The Morgan fingerprint density at radius 3 is 2.71 bits per heavy atom. The fraction of sp³-hybridized carbons (Fsp3) is 0.667. The van der Waals surface area contributed by atoms with Gasteiger partial charge in [0.1, 0.15) is 6.33 Å². The van der Waals surface area contributed by atoms with Gasteiger partial charge in [-0.3, -0.25) is 0 Å². The Balaban J connectivity index is 2.11. The molecule has 2 heterocycles. The maximum Gasteiger partial charge on any atom is 0.187 e. The van der Waals surface area contributed by atoms with E-state index in [0.29, 0.717) is 31.0 Å². The third-order valence-electron chi connectivity index (χ3n) is 3.24. The molecule has 0 amide bonds. The number of halogens is 1. The van der Waals surface area contributed by atoms with E-state index >= 15 is 0 Å². The van der Waals surface area contributed by atoms with Crippen molar-refractivity contribution in [2.45, 2.75) is 38.6 Å². The van der Waals surface area contributed by atoms with Crippen molar-refractivity contribution in [3.8, 4) is 0 Å². The predicted octanol–water partition coefficient (Wildman–Crippen LogP) is 1.50. The third-order valence-corrected chi connectivity index (χ3v) is 3.24. The fourth-order valence-corrected chi connectivity index (χ4v) is 2.38. The number of nitrogens with zero attached hydrogens (tertiary/aromatic N) is 3. The van der Waals surface area contributed by atoms with Crippen molar-refractivity contribution in [1.29, 1.82) is 0 Å². The highest BCUT2D eigenvalue weighted by molar-refractivity contribution is 5.46. The zero-order valence-electron chi connectivity index (χ0n) is 10.4. The summed E-state index contributed by atoms with van der Waals surface area (Å²) in [6.45, 7) is 5.35. The molecule has 17 heavy (non-hydrogen) atoms. The summed E-state index contributed by atoms with van der Waals surface area (Å²) in [6, 6.07) is 0. The molecule has 94 valence electrons. The van der Waals surface area contributed by atoms with E-state index in [-0.39, 0.29) is 11.4 Å². The van der Waals surface area contributed by atoms with Crippen LogP contribution >= 0.6 is 0 Å². The summed E-state index contributed by atoms with van der Waals surface area (Å²) in [5.74, 6) is 0.0996. The standard InChI is InChI=1S/C12H19FN4/c1-3-5-12(14)6-17(7-12)11-10(13)9(4-2)15-8-16-11/h8H,3-7,14H2,1-2H3. The van der Waals surface area contributed by atoms with Crippen LogP contribution in [-0.4, -0.2) is 28.6 Å². The van der Waals surface area contributed by atoms with Gasteiger partial charge in [0, 0.05) is 13.1 Å². The zero-order valence-corrected chi connectivity index (χ0v) is 10.4. The molecule has 2 N–H and O–H groups in total. The molecule has 5 heteroatoms.